The van der Waals surface area contributed by atoms with Gasteiger partial charge in [-0.25, -0.2) is 0 Å². The molecule has 2 N–H and O–H groups in total. The molecule has 0 fully saturated rings. The van der Waals surface area contributed by atoms with Crippen molar-refractivity contribution in [1.29, 1.82) is 0 Å². The first kappa shape index (κ1) is 32.1. The van der Waals surface area contributed by atoms with Crippen LogP contribution in [0, 0.1) is 6.00 Å². The van der Waals surface area contributed by atoms with Gasteiger partial charge in [-0.3, -0.25) is 0 Å². The standard InChI is InChI=1S/C13H33O12Si7/c1-12-28(8,9)21-27(16-3)22-31(15,19-6)25-32(20-26-7,23-29(10,11)13-2)24-30(14,17-4)18-5/h7,12-15H,1-2H2,3-6,8-11H3/t31-,32?/m0/s1. The van der Waals surface area contributed by atoms with Crippen molar-refractivity contribution in [2.45, 2.75) is 26.2 Å². The highest BCUT2D eigenvalue weighted by molar-refractivity contribution is 6.87. The minimum absolute atomic E-state index is 0.726. The van der Waals surface area contributed by atoms with E-state index in [9.17, 15) is 9.59 Å². The summed E-state index contributed by atoms with van der Waals surface area (Å²) in [5.74, 6) is 0. The van der Waals surface area contributed by atoms with Gasteiger partial charge < -0.3 is 52.0 Å². The Kier molecular flexibility index (Phi) is 13.3. The summed E-state index contributed by atoms with van der Waals surface area (Å²) in [4.78, 5) is 21.7. The van der Waals surface area contributed by atoms with E-state index in [2.05, 4.69) is 13.2 Å². The molecule has 185 valence electrons. The summed E-state index contributed by atoms with van der Waals surface area (Å²) in [5, 5.41) is 0. The van der Waals surface area contributed by atoms with Crippen molar-refractivity contribution in [3.05, 3.63) is 24.6 Å². The van der Waals surface area contributed by atoms with Crippen LogP contribution < -0.4 is 0 Å². The van der Waals surface area contributed by atoms with Crippen molar-refractivity contribution in [2.75, 3.05) is 28.4 Å². The van der Waals surface area contributed by atoms with E-state index in [4.69, 9.17) is 48.4 Å². The van der Waals surface area contributed by atoms with Crippen molar-refractivity contribution in [2.24, 2.45) is 0 Å². The van der Waals surface area contributed by atoms with E-state index in [0.29, 0.717) is 0 Å². The molecule has 0 spiro atoms. The maximum absolute atomic E-state index is 11.1. The average Bonchev–Trinajstić information content (AvgIpc) is 2.72. The zero-order valence-electron chi connectivity index (χ0n) is 19.6. The van der Waals surface area contributed by atoms with Gasteiger partial charge in [0.1, 0.15) is 0 Å². The zero-order chi connectivity index (χ0) is 25.3. The second-order valence-corrected chi connectivity index (χ2v) is 24.6. The van der Waals surface area contributed by atoms with Crippen molar-refractivity contribution in [3.63, 3.8) is 0 Å². The lowest BCUT2D eigenvalue weighted by Crippen LogP contribution is -2.68. The maximum atomic E-state index is 11.1. The van der Waals surface area contributed by atoms with Gasteiger partial charge in [0.25, 0.3) is 0 Å². The summed E-state index contributed by atoms with van der Waals surface area (Å²) in [6.07, 6.45) is 0. The molecule has 0 aliphatic carbocycles. The minimum atomic E-state index is -4.62. The van der Waals surface area contributed by atoms with Crippen LogP contribution in [0.1, 0.15) is 0 Å². The quantitative estimate of drug-likeness (QED) is 0.226. The van der Waals surface area contributed by atoms with Crippen LogP contribution in [0.4, 0.5) is 0 Å². The molecule has 0 rings (SSSR count). The van der Waals surface area contributed by atoms with Gasteiger partial charge in [0.05, 0.1) is 0 Å². The number of rotatable bonds is 17. The van der Waals surface area contributed by atoms with Crippen molar-refractivity contribution in [3.8, 4) is 6.00 Å². The first-order valence-corrected chi connectivity index (χ1v) is 22.2. The van der Waals surface area contributed by atoms with Gasteiger partial charge in [0, 0.05) is 28.4 Å². The lowest BCUT2D eigenvalue weighted by Gasteiger charge is -2.38. The molecule has 0 aromatic carbocycles. The smallest absolute Gasteiger partial charge is 0.496 e. The third-order valence-electron chi connectivity index (χ3n) is 3.56. The predicted molar refractivity (Wildman–Crippen MR) is 128 cm³/mol. The van der Waals surface area contributed by atoms with E-state index in [1.807, 2.05) is 13.1 Å². The third-order valence-corrected chi connectivity index (χ3v) is 20.5. The normalized spacial score (nSPS) is 16.7. The SMILES string of the molecule is C#[Si]O[Si](O[Si](C)(C)C=C)(O[Si](O)(OC)OC)O[Si@@](O)(OC)O[Si](OC)O[Si](C)(C)C=C. The molecule has 0 amide bonds. The van der Waals surface area contributed by atoms with E-state index >= 15 is 0 Å². The van der Waals surface area contributed by atoms with Gasteiger partial charge in [-0.05, 0) is 26.2 Å². The molecule has 0 saturated carbocycles. The van der Waals surface area contributed by atoms with Crippen molar-refractivity contribution in [1.82, 2.24) is 0 Å². The number of hydrogen-bond donors (Lipinski definition) is 2. The molecule has 0 bridgehead atoms. The molecule has 32 heavy (non-hydrogen) atoms. The molecule has 1 radical (unpaired) electrons. The highest BCUT2D eigenvalue weighted by Crippen LogP contribution is 2.27. The van der Waals surface area contributed by atoms with Gasteiger partial charge in [-0.15, -0.1) is 19.2 Å². The molecule has 2 atom stereocenters. The fourth-order valence-corrected chi connectivity index (χ4v) is 17.0. The Balaban J connectivity index is 6.25. The molecular weight excluding hydrogens is 545 g/mol. The largest absolute Gasteiger partial charge is 0.722 e. The van der Waals surface area contributed by atoms with Gasteiger partial charge in [-0.1, -0.05) is 11.4 Å². The Hall–Kier alpha value is 0.138. The van der Waals surface area contributed by atoms with Gasteiger partial charge in [0.2, 0.25) is 25.8 Å². The topological polar surface area (TPSA) is 133 Å². The minimum Gasteiger partial charge on any atom is -0.496 e. The molecule has 0 aromatic heterocycles. The van der Waals surface area contributed by atoms with Gasteiger partial charge >= 0.3 is 36.7 Å². The summed E-state index contributed by atoms with van der Waals surface area (Å²) >= 11 is 0. The summed E-state index contributed by atoms with van der Waals surface area (Å²) in [6, 6.07) is 5.61. The Bertz CT molecular complexity index is 658. The molecule has 0 saturated heterocycles. The molecular formula is C13H33O12Si7. The molecule has 0 aliphatic heterocycles. The Morgan fingerprint density at radius 3 is 1.62 bits per heavy atom. The fourth-order valence-electron chi connectivity index (χ4n) is 1.61. The maximum Gasteiger partial charge on any atom is 0.722 e. The molecule has 0 heterocycles. The van der Waals surface area contributed by atoms with Crippen LogP contribution >= 0.6 is 0 Å². The van der Waals surface area contributed by atoms with Crippen LogP contribution in [0.5, 0.6) is 0 Å². The first-order valence-electron chi connectivity index (χ1n) is 9.03. The van der Waals surface area contributed by atoms with E-state index in [1.54, 1.807) is 24.5 Å². The fraction of sp³-hybridized carbons (Fsp3) is 0.615. The predicted octanol–water partition coefficient (Wildman–Crippen LogP) is 0.0167. The molecule has 1 unspecified atom stereocenters. The van der Waals surface area contributed by atoms with E-state index in [0.717, 1.165) is 21.3 Å². The van der Waals surface area contributed by atoms with Crippen LogP contribution in [0.25, 0.3) is 0 Å². The van der Waals surface area contributed by atoms with Crippen LogP contribution in [0.15, 0.2) is 24.6 Å². The Labute approximate surface area is 199 Å². The third kappa shape index (κ3) is 10.6. The Morgan fingerprint density at radius 1 is 0.781 bits per heavy atom. The molecule has 0 aromatic rings. The summed E-state index contributed by atoms with van der Waals surface area (Å²) < 4.78 is 54.7. The van der Waals surface area contributed by atoms with E-state index < -0.39 is 62.5 Å². The van der Waals surface area contributed by atoms with Gasteiger partial charge in [0.15, 0.2) is 0 Å². The monoisotopic (exact) mass is 577 g/mol. The highest BCUT2D eigenvalue weighted by Gasteiger charge is 2.66. The second-order valence-electron chi connectivity index (χ2n) is 6.96. The lowest BCUT2D eigenvalue weighted by molar-refractivity contribution is -0.00577. The average molecular weight is 578 g/mol. The first-order chi connectivity index (χ1) is 14.6. The molecule has 0 aliphatic rings. The van der Waals surface area contributed by atoms with Crippen molar-refractivity contribution < 1.29 is 52.0 Å². The van der Waals surface area contributed by atoms with Crippen LogP contribution in [-0.4, -0.2) is 101 Å². The van der Waals surface area contributed by atoms with Crippen LogP contribution in [0.3, 0.4) is 0 Å². The van der Waals surface area contributed by atoms with Crippen LogP contribution in [-0.2, 0) is 42.4 Å². The summed E-state index contributed by atoms with van der Waals surface area (Å²) in [5.41, 5.74) is 3.23. The Morgan fingerprint density at radius 2 is 1.25 bits per heavy atom. The zero-order valence-corrected chi connectivity index (χ0v) is 26.6. The van der Waals surface area contributed by atoms with E-state index in [-0.39, 0.29) is 0 Å². The molecule has 12 nitrogen and oxygen atoms in total. The molecule has 19 heteroatoms. The summed E-state index contributed by atoms with van der Waals surface area (Å²) in [6.45, 7) is 14.7. The highest BCUT2D eigenvalue weighted by atomic mass is 28.6. The lowest BCUT2D eigenvalue weighted by atomic mass is 11.3. The van der Waals surface area contributed by atoms with Crippen LogP contribution in [0.2, 0.25) is 26.2 Å². The van der Waals surface area contributed by atoms with E-state index in [1.165, 1.54) is 7.11 Å². The summed E-state index contributed by atoms with van der Waals surface area (Å²) in [7, 11) is -17.1. The second kappa shape index (κ2) is 13.3. The number of hydrogen-bond acceptors (Lipinski definition) is 12. The van der Waals surface area contributed by atoms with Gasteiger partial charge in [-0.2, -0.15) is 0 Å². The van der Waals surface area contributed by atoms with Crippen molar-refractivity contribution >= 4 is 62.5 Å².